The molecule has 0 radical (unpaired) electrons. The fraction of sp³-hybridized carbons (Fsp3) is 0.500. The molecule has 0 bridgehead atoms. The van der Waals surface area contributed by atoms with Crippen molar-refractivity contribution in [1.29, 1.82) is 0 Å². The first-order chi connectivity index (χ1) is 7.56. The molecule has 2 rings (SSSR count). The van der Waals surface area contributed by atoms with Gasteiger partial charge in [0.15, 0.2) is 0 Å². The molecule has 4 heteroatoms. The molecular weight excluding hydrogens is 318 g/mol. The van der Waals surface area contributed by atoms with Crippen LogP contribution in [0.1, 0.15) is 26.2 Å². The van der Waals surface area contributed by atoms with Crippen molar-refractivity contribution in [2.45, 2.75) is 32.2 Å². The third-order valence-electron chi connectivity index (χ3n) is 3.15. The molecule has 2 unspecified atom stereocenters. The summed E-state index contributed by atoms with van der Waals surface area (Å²) in [6, 6.07) is 3.62. The minimum absolute atomic E-state index is 0.205. The standard InChI is InChI=1S/C12H16FIN2/c1-7-2-3-8(4-7)16-12-5-9(13)10(14)6-11(12)15/h5-8,16H,2-4,15H2,1H3. The van der Waals surface area contributed by atoms with E-state index in [-0.39, 0.29) is 5.82 Å². The molecule has 1 aromatic rings. The predicted octanol–water partition coefficient (Wildman–Crippen LogP) is 3.61. The summed E-state index contributed by atoms with van der Waals surface area (Å²) in [5.74, 6) is 0.552. The van der Waals surface area contributed by atoms with Gasteiger partial charge in [-0.3, -0.25) is 0 Å². The van der Waals surface area contributed by atoms with E-state index in [9.17, 15) is 4.39 Å². The van der Waals surface area contributed by atoms with Gasteiger partial charge in [0.25, 0.3) is 0 Å². The smallest absolute Gasteiger partial charge is 0.138 e. The van der Waals surface area contributed by atoms with Crippen LogP contribution in [0.3, 0.4) is 0 Å². The number of hydrogen-bond donors (Lipinski definition) is 2. The molecule has 2 atom stereocenters. The van der Waals surface area contributed by atoms with Crippen LogP contribution < -0.4 is 11.1 Å². The zero-order chi connectivity index (χ0) is 11.7. The number of nitrogens with one attached hydrogen (secondary N) is 1. The third-order valence-corrected chi connectivity index (χ3v) is 3.97. The molecule has 16 heavy (non-hydrogen) atoms. The van der Waals surface area contributed by atoms with Crippen LogP contribution in [0.5, 0.6) is 0 Å². The van der Waals surface area contributed by atoms with Gasteiger partial charge in [-0.1, -0.05) is 6.92 Å². The average molecular weight is 334 g/mol. The summed E-state index contributed by atoms with van der Waals surface area (Å²) >= 11 is 1.95. The van der Waals surface area contributed by atoms with E-state index in [2.05, 4.69) is 12.2 Å². The van der Waals surface area contributed by atoms with Crippen LogP contribution in [-0.2, 0) is 0 Å². The van der Waals surface area contributed by atoms with E-state index in [1.165, 1.54) is 12.5 Å². The summed E-state index contributed by atoms with van der Waals surface area (Å²) < 4.78 is 14.0. The van der Waals surface area contributed by atoms with Crippen molar-refractivity contribution >= 4 is 34.0 Å². The Bertz CT molecular complexity index is 395. The Hall–Kier alpha value is -0.520. The van der Waals surface area contributed by atoms with Crippen LogP contribution in [0.4, 0.5) is 15.8 Å². The highest BCUT2D eigenvalue weighted by atomic mass is 127. The Morgan fingerprint density at radius 3 is 2.81 bits per heavy atom. The first-order valence-corrected chi connectivity index (χ1v) is 6.65. The molecule has 0 amide bonds. The molecule has 1 aliphatic rings. The van der Waals surface area contributed by atoms with Crippen molar-refractivity contribution < 1.29 is 4.39 Å². The molecule has 1 aromatic carbocycles. The van der Waals surface area contributed by atoms with Crippen molar-refractivity contribution in [3.8, 4) is 0 Å². The predicted molar refractivity (Wildman–Crippen MR) is 74.0 cm³/mol. The summed E-state index contributed by atoms with van der Waals surface area (Å²) in [4.78, 5) is 0. The number of hydrogen-bond acceptors (Lipinski definition) is 2. The second-order valence-electron chi connectivity index (χ2n) is 4.61. The molecular formula is C12H16FIN2. The SMILES string of the molecule is CC1CCC(Nc2cc(F)c(I)cc2N)C1. The molecule has 1 fully saturated rings. The van der Waals surface area contributed by atoms with E-state index in [0.29, 0.717) is 15.3 Å². The van der Waals surface area contributed by atoms with E-state index >= 15 is 0 Å². The topological polar surface area (TPSA) is 38.0 Å². The van der Waals surface area contributed by atoms with Gasteiger partial charge in [-0.05, 0) is 53.8 Å². The number of halogens is 2. The normalized spacial score (nSPS) is 24.7. The van der Waals surface area contributed by atoms with Gasteiger partial charge in [0, 0.05) is 12.1 Å². The van der Waals surface area contributed by atoms with Crippen LogP contribution in [0, 0.1) is 15.3 Å². The maximum atomic E-state index is 13.4. The van der Waals surface area contributed by atoms with Gasteiger partial charge in [0.05, 0.1) is 14.9 Å². The second kappa shape index (κ2) is 4.77. The summed E-state index contributed by atoms with van der Waals surface area (Å²) in [6.07, 6.45) is 3.53. The fourth-order valence-electron chi connectivity index (χ4n) is 2.25. The van der Waals surface area contributed by atoms with Gasteiger partial charge in [0.2, 0.25) is 0 Å². The molecule has 1 saturated carbocycles. The van der Waals surface area contributed by atoms with Gasteiger partial charge in [-0.25, -0.2) is 4.39 Å². The van der Waals surface area contributed by atoms with E-state index in [4.69, 9.17) is 5.73 Å². The molecule has 88 valence electrons. The Balaban J connectivity index is 2.12. The summed E-state index contributed by atoms with van der Waals surface area (Å²) in [5, 5.41) is 3.34. The number of rotatable bonds is 2. The molecule has 3 N–H and O–H groups in total. The lowest BCUT2D eigenvalue weighted by Gasteiger charge is -2.16. The quantitative estimate of drug-likeness (QED) is 0.640. The number of nitrogen functional groups attached to an aromatic ring is 1. The highest BCUT2D eigenvalue weighted by molar-refractivity contribution is 14.1. The van der Waals surface area contributed by atoms with Crippen molar-refractivity contribution in [3.05, 3.63) is 21.5 Å². The van der Waals surface area contributed by atoms with Crippen LogP contribution in [0.25, 0.3) is 0 Å². The minimum atomic E-state index is -0.205. The van der Waals surface area contributed by atoms with Crippen LogP contribution in [-0.4, -0.2) is 6.04 Å². The highest BCUT2D eigenvalue weighted by Crippen LogP contribution is 2.30. The zero-order valence-corrected chi connectivity index (χ0v) is 11.4. The van der Waals surface area contributed by atoms with Crippen LogP contribution >= 0.6 is 22.6 Å². The lowest BCUT2D eigenvalue weighted by Crippen LogP contribution is -2.16. The molecule has 0 saturated heterocycles. The number of nitrogens with two attached hydrogens (primary N) is 1. The van der Waals surface area contributed by atoms with E-state index in [1.807, 2.05) is 22.6 Å². The van der Waals surface area contributed by atoms with Gasteiger partial charge in [0.1, 0.15) is 5.82 Å². The first-order valence-electron chi connectivity index (χ1n) is 5.57. The van der Waals surface area contributed by atoms with Gasteiger partial charge in [-0.15, -0.1) is 0 Å². The molecule has 2 nitrogen and oxygen atoms in total. The van der Waals surface area contributed by atoms with Crippen molar-refractivity contribution in [2.75, 3.05) is 11.1 Å². The lowest BCUT2D eigenvalue weighted by molar-refractivity contribution is 0.602. The maximum Gasteiger partial charge on any atom is 0.138 e. The zero-order valence-electron chi connectivity index (χ0n) is 9.26. The Morgan fingerprint density at radius 2 is 2.19 bits per heavy atom. The Labute approximate surface area is 109 Å². The van der Waals surface area contributed by atoms with Crippen molar-refractivity contribution in [2.24, 2.45) is 5.92 Å². The van der Waals surface area contributed by atoms with Gasteiger partial charge < -0.3 is 11.1 Å². The van der Waals surface area contributed by atoms with E-state index < -0.39 is 0 Å². The summed E-state index contributed by atoms with van der Waals surface area (Å²) in [6.45, 7) is 2.25. The maximum absolute atomic E-state index is 13.4. The second-order valence-corrected chi connectivity index (χ2v) is 5.78. The lowest BCUT2D eigenvalue weighted by atomic mass is 10.1. The third kappa shape index (κ3) is 2.59. The number of anilines is 2. The monoisotopic (exact) mass is 334 g/mol. The minimum Gasteiger partial charge on any atom is -0.397 e. The highest BCUT2D eigenvalue weighted by Gasteiger charge is 2.21. The molecule has 0 spiro atoms. The molecule has 0 aliphatic heterocycles. The van der Waals surface area contributed by atoms with Gasteiger partial charge >= 0.3 is 0 Å². The van der Waals surface area contributed by atoms with Crippen LogP contribution in [0.15, 0.2) is 12.1 Å². The Kier molecular flexibility index (Phi) is 3.56. The van der Waals surface area contributed by atoms with E-state index in [0.717, 1.165) is 24.4 Å². The van der Waals surface area contributed by atoms with Crippen molar-refractivity contribution in [1.82, 2.24) is 0 Å². The summed E-state index contributed by atoms with van der Waals surface area (Å²) in [7, 11) is 0. The molecule has 1 aliphatic carbocycles. The fourth-order valence-corrected chi connectivity index (χ4v) is 2.74. The van der Waals surface area contributed by atoms with Crippen LogP contribution in [0.2, 0.25) is 0 Å². The Morgan fingerprint density at radius 1 is 1.44 bits per heavy atom. The average Bonchev–Trinajstić information content (AvgIpc) is 2.60. The molecule has 0 aromatic heterocycles. The molecule has 0 heterocycles. The van der Waals surface area contributed by atoms with E-state index in [1.54, 1.807) is 6.07 Å². The first kappa shape index (κ1) is 12.0. The van der Waals surface area contributed by atoms with Gasteiger partial charge in [-0.2, -0.15) is 0 Å². The number of benzene rings is 1. The summed E-state index contributed by atoms with van der Waals surface area (Å²) in [5.41, 5.74) is 7.23. The van der Waals surface area contributed by atoms with Crippen molar-refractivity contribution in [3.63, 3.8) is 0 Å². The largest absolute Gasteiger partial charge is 0.397 e.